The summed E-state index contributed by atoms with van der Waals surface area (Å²) in [7, 11) is 3.16. The Kier molecular flexibility index (Phi) is 4.72. The van der Waals surface area contributed by atoms with Crippen LogP contribution in [0.2, 0.25) is 0 Å². The van der Waals surface area contributed by atoms with Gasteiger partial charge in [-0.25, -0.2) is 0 Å². The Hall–Kier alpha value is -3.73. The predicted octanol–water partition coefficient (Wildman–Crippen LogP) is 5.37. The van der Waals surface area contributed by atoms with Crippen LogP contribution in [0.4, 0.5) is 5.69 Å². The van der Waals surface area contributed by atoms with Gasteiger partial charge in [0.25, 0.3) is 5.91 Å². The van der Waals surface area contributed by atoms with Gasteiger partial charge < -0.3 is 19.2 Å². The summed E-state index contributed by atoms with van der Waals surface area (Å²) >= 11 is 0. The second-order valence-electron chi connectivity index (χ2n) is 6.19. The number of hydrogen-bond donors (Lipinski definition) is 1. The number of ether oxygens (including phenoxy) is 2. The SMILES string of the molecule is COc1ccc2oc(-c3ccccc3)c(C(=O)Nc3ccccc3OC)c2c1. The number of amides is 1. The minimum Gasteiger partial charge on any atom is -0.497 e. The highest BCUT2D eigenvalue weighted by Gasteiger charge is 2.23. The average Bonchev–Trinajstić information content (AvgIpc) is 3.13. The lowest BCUT2D eigenvalue weighted by Gasteiger charge is -2.10. The number of rotatable bonds is 5. The Bertz CT molecular complexity index is 1130. The van der Waals surface area contributed by atoms with E-state index in [1.165, 1.54) is 0 Å². The number of carbonyl (C=O) groups is 1. The average molecular weight is 373 g/mol. The molecule has 3 aromatic carbocycles. The zero-order valence-electron chi connectivity index (χ0n) is 15.6. The summed E-state index contributed by atoms with van der Waals surface area (Å²) in [6.07, 6.45) is 0. The van der Waals surface area contributed by atoms with Gasteiger partial charge in [0, 0.05) is 10.9 Å². The Morgan fingerprint density at radius 2 is 1.64 bits per heavy atom. The molecule has 5 heteroatoms. The van der Waals surface area contributed by atoms with E-state index in [0.29, 0.717) is 39.5 Å². The molecule has 0 bridgehead atoms. The van der Waals surface area contributed by atoms with Crippen LogP contribution in [0, 0.1) is 0 Å². The van der Waals surface area contributed by atoms with Gasteiger partial charge in [0.2, 0.25) is 0 Å². The molecule has 0 radical (unpaired) electrons. The number of para-hydroxylation sites is 2. The van der Waals surface area contributed by atoms with Crippen molar-refractivity contribution in [3.63, 3.8) is 0 Å². The lowest BCUT2D eigenvalue weighted by atomic mass is 10.0. The fourth-order valence-corrected chi connectivity index (χ4v) is 3.15. The van der Waals surface area contributed by atoms with E-state index in [1.54, 1.807) is 32.4 Å². The van der Waals surface area contributed by atoms with Crippen molar-refractivity contribution in [2.75, 3.05) is 19.5 Å². The zero-order chi connectivity index (χ0) is 19.5. The van der Waals surface area contributed by atoms with E-state index in [4.69, 9.17) is 13.9 Å². The molecule has 1 amide bonds. The van der Waals surface area contributed by atoms with Gasteiger partial charge >= 0.3 is 0 Å². The largest absolute Gasteiger partial charge is 0.497 e. The van der Waals surface area contributed by atoms with Crippen molar-refractivity contribution in [2.45, 2.75) is 0 Å². The van der Waals surface area contributed by atoms with Gasteiger partial charge in [-0.15, -0.1) is 0 Å². The number of anilines is 1. The molecule has 0 fully saturated rings. The summed E-state index contributed by atoms with van der Waals surface area (Å²) < 4.78 is 16.7. The minimum atomic E-state index is -0.282. The molecular weight excluding hydrogens is 354 g/mol. The van der Waals surface area contributed by atoms with E-state index < -0.39 is 0 Å². The Balaban J connectivity index is 1.86. The standard InChI is InChI=1S/C23H19NO4/c1-26-16-12-13-19-17(14-16)21(22(28-19)15-8-4-3-5-9-15)23(25)24-18-10-6-7-11-20(18)27-2/h3-14H,1-2H3,(H,24,25). The number of nitrogens with one attached hydrogen (secondary N) is 1. The second kappa shape index (κ2) is 7.48. The molecule has 0 atom stereocenters. The molecule has 1 heterocycles. The molecule has 0 aliphatic heterocycles. The first-order valence-corrected chi connectivity index (χ1v) is 8.81. The van der Waals surface area contributed by atoms with Crippen LogP contribution >= 0.6 is 0 Å². The molecule has 0 saturated heterocycles. The molecule has 28 heavy (non-hydrogen) atoms. The van der Waals surface area contributed by atoms with Crippen molar-refractivity contribution in [1.29, 1.82) is 0 Å². The molecule has 0 saturated carbocycles. The van der Waals surface area contributed by atoms with Gasteiger partial charge in [-0.05, 0) is 30.3 Å². The van der Waals surface area contributed by atoms with Crippen LogP contribution in [0.3, 0.4) is 0 Å². The molecular formula is C23H19NO4. The van der Waals surface area contributed by atoms with Gasteiger partial charge in [-0.1, -0.05) is 42.5 Å². The number of carbonyl (C=O) groups excluding carboxylic acids is 1. The molecule has 0 spiro atoms. The first-order chi connectivity index (χ1) is 13.7. The summed E-state index contributed by atoms with van der Waals surface area (Å²) in [4.78, 5) is 13.3. The quantitative estimate of drug-likeness (QED) is 0.511. The van der Waals surface area contributed by atoms with Crippen LogP contribution < -0.4 is 14.8 Å². The highest BCUT2D eigenvalue weighted by atomic mass is 16.5. The molecule has 0 aliphatic carbocycles. The van der Waals surface area contributed by atoms with Crippen molar-refractivity contribution in [2.24, 2.45) is 0 Å². The minimum absolute atomic E-state index is 0.282. The summed E-state index contributed by atoms with van der Waals surface area (Å²) in [6.45, 7) is 0. The summed E-state index contributed by atoms with van der Waals surface area (Å²) in [5.41, 5.74) is 2.48. The van der Waals surface area contributed by atoms with Crippen LogP contribution in [0.5, 0.6) is 11.5 Å². The highest BCUT2D eigenvalue weighted by molar-refractivity contribution is 6.17. The van der Waals surface area contributed by atoms with E-state index in [-0.39, 0.29) is 5.91 Å². The lowest BCUT2D eigenvalue weighted by Crippen LogP contribution is -2.13. The fourth-order valence-electron chi connectivity index (χ4n) is 3.15. The first-order valence-electron chi connectivity index (χ1n) is 8.81. The molecule has 140 valence electrons. The Morgan fingerprint density at radius 3 is 2.39 bits per heavy atom. The maximum atomic E-state index is 13.3. The van der Waals surface area contributed by atoms with Gasteiger partial charge in [0.15, 0.2) is 0 Å². The van der Waals surface area contributed by atoms with Gasteiger partial charge in [-0.2, -0.15) is 0 Å². The van der Waals surface area contributed by atoms with E-state index in [9.17, 15) is 4.79 Å². The Labute approximate surface area is 162 Å². The van der Waals surface area contributed by atoms with Crippen molar-refractivity contribution in [3.05, 3.63) is 78.4 Å². The Morgan fingerprint density at radius 1 is 0.893 bits per heavy atom. The molecule has 4 aromatic rings. The first kappa shape index (κ1) is 17.7. The third kappa shape index (κ3) is 3.18. The fraction of sp³-hybridized carbons (Fsp3) is 0.0870. The molecule has 1 N–H and O–H groups in total. The van der Waals surface area contributed by atoms with E-state index in [2.05, 4.69) is 5.32 Å². The number of methoxy groups -OCH3 is 2. The second-order valence-corrected chi connectivity index (χ2v) is 6.19. The molecule has 4 rings (SSSR count). The maximum absolute atomic E-state index is 13.3. The van der Waals surface area contributed by atoms with E-state index in [0.717, 1.165) is 5.56 Å². The molecule has 0 unspecified atom stereocenters. The summed E-state index contributed by atoms with van der Waals surface area (Å²) in [5, 5.41) is 3.62. The molecule has 5 nitrogen and oxygen atoms in total. The van der Waals surface area contributed by atoms with Gasteiger partial charge in [0.1, 0.15) is 22.8 Å². The lowest BCUT2D eigenvalue weighted by molar-refractivity contribution is 0.102. The molecule has 1 aromatic heterocycles. The van der Waals surface area contributed by atoms with Crippen molar-refractivity contribution in [1.82, 2.24) is 0 Å². The van der Waals surface area contributed by atoms with Crippen LogP contribution in [0.1, 0.15) is 10.4 Å². The van der Waals surface area contributed by atoms with Crippen molar-refractivity contribution >= 4 is 22.6 Å². The normalized spacial score (nSPS) is 10.6. The van der Waals surface area contributed by atoms with Crippen LogP contribution in [0.15, 0.2) is 77.2 Å². The van der Waals surface area contributed by atoms with E-state index >= 15 is 0 Å². The van der Waals surface area contributed by atoms with Crippen LogP contribution in [-0.2, 0) is 0 Å². The monoisotopic (exact) mass is 373 g/mol. The third-order valence-electron chi connectivity index (χ3n) is 4.51. The topological polar surface area (TPSA) is 60.7 Å². The highest BCUT2D eigenvalue weighted by Crippen LogP contribution is 2.36. The third-order valence-corrected chi connectivity index (χ3v) is 4.51. The van der Waals surface area contributed by atoms with Gasteiger partial charge in [0.05, 0.1) is 25.5 Å². The smallest absolute Gasteiger partial charge is 0.260 e. The number of hydrogen-bond acceptors (Lipinski definition) is 4. The van der Waals surface area contributed by atoms with Crippen LogP contribution in [0.25, 0.3) is 22.3 Å². The zero-order valence-corrected chi connectivity index (χ0v) is 15.6. The molecule has 0 aliphatic rings. The number of furan rings is 1. The van der Waals surface area contributed by atoms with Crippen molar-refractivity contribution < 1.29 is 18.7 Å². The number of benzene rings is 3. The predicted molar refractivity (Wildman–Crippen MR) is 109 cm³/mol. The van der Waals surface area contributed by atoms with Crippen LogP contribution in [-0.4, -0.2) is 20.1 Å². The number of fused-ring (bicyclic) bond motifs is 1. The van der Waals surface area contributed by atoms with Gasteiger partial charge in [-0.3, -0.25) is 4.79 Å². The maximum Gasteiger partial charge on any atom is 0.260 e. The summed E-state index contributed by atoms with van der Waals surface area (Å²) in [6, 6.07) is 22.3. The summed E-state index contributed by atoms with van der Waals surface area (Å²) in [5.74, 6) is 1.47. The van der Waals surface area contributed by atoms with E-state index in [1.807, 2.05) is 54.6 Å². The van der Waals surface area contributed by atoms with Crippen molar-refractivity contribution in [3.8, 4) is 22.8 Å².